The summed E-state index contributed by atoms with van der Waals surface area (Å²) in [7, 11) is 2.86. The molecule has 2 aromatic heterocycles. The number of nitrogen functional groups attached to an aromatic ring is 1. The summed E-state index contributed by atoms with van der Waals surface area (Å²) in [5.41, 5.74) is 5.52. The quantitative estimate of drug-likeness (QED) is 0.358. The number of hydrogen-bond donors (Lipinski definition) is 1. The first-order valence-corrected chi connectivity index (χ1v) is 11.0. The molecular formula is C24H17F3N2O5S. The van der Waals surface area contributed by atoms with Gasteiger partial charge in [0.2, 0.25) is 12.6 Å². The summed E-state index contributed by atoms with van der Waals surface area (Å²) in [6.07, 6.45) is -4.73. The van der Waals surface area contributed by atoms with Crippen LogP contribution in [-0.2, 0) is 6.18 Å². The first-order valence-electron chi connectivity index (χ1n) is 10.2. The van der Waals surface area contributed by atoms with Gasteiger partial charge in [-0.1, -0.05) is 0 Å². The van der Waals surface area contributed by atoms with Gasteiger partial charge in [0, 0.05) is 16.5 Å². The zero-order valence-corrected chi connectivity index (χ0v) is 19.2. The van der Waals surface area contributed by atoms with Crippen molar-refractivity contribution in [3.63, 3.8) is 0 Å². The molecule has 0 unspecified atom stereocenters. The highest BCUT2D eigenvalue weighted by Gasteiger charge is 2.36. The number of ether oxygens (including phenoxy) is 4. The second-order valence-electron chi connectivity index (χ2n) is 7.54. The highest BCUT2D eigenvalue weighted by Crippen LogP contribution is 2.45. The Kier molecular flexibility index (Phi) is 5.43. The van der Waals surface area contributed by atoms with Crippen molar-refractivity contribution in [1.82, 2.24) is 4.98 Å². The maximum atomic E-state index is 14.1. The van der Waals surface area contributed by atoms with Gasteiger partial charge in [0.1, 0.15) is 9.71 Å². The normalized spacial score (nSPS) is 12.7. The van der Waals surface area contributed by atoms with E-state index in [2.05, 4.69) is 4.98 Å². The molecule has 3 heterocycles. The van der Waals surface area contributed by atoms with Crippen molar-refractivity contribution < 1.29 is 36.9 Å². The van der Waals surface area contributed by atoms with Crippen LogP contribution in [0.1, 0.15) is 20.8 Å². The molecule has 180 valence electrons. The number of methoxy groups -OCH3 is 2. The summed E-state index contributed by atoms with van der Waals surface area (Å²) >= 11 is 0.801. The lowest BCUT2D eigenvalue weighted by molar-refractivity contribution is -0.136. The Balaban J connectivity index is 1.66. The van der Waals surface area contributed by atoms with Gasteiger partial charge < -0.3 is 24.7 Å². The Bertz CT molecular complexity index is 1480. The van der Waals surface area contributed by atoms with E-state index in [1.54, 1.807) is 18.2 Å². The predicted molar refractivity (Wildman–Crippen MR) is 124 cm³/mol. The molecule has 0 aliphatic carbocycles. The number of carbonyl (C=O) groups is 1. The van der Waals surface area contributed by atoms with E-state index in [-0.39, 0.29) is 38.8 Å². The molecule has 5 rings (SSSR count). The Hall–Kier alpha value is -3.99. The molecule has 0 atom stereocenters. The summed E-state index contributed by atoms with van der Waals surface area (Å²) in [6.45, 7) is 0.0299. The van der Waals surface area contributed by atoms with Crippen LogP contribution in [0.3, 0.4) is 0 Å². The standard InChI is InChI=1S/C24H17F3N2O5S/c1-31-15-5-4-12(8-17(15)32-2)21(30)22-20(28)19-13(24(25,26)27)9-14(29-23(19)35-22)11-3-6-16-18(7-11)34-10-33-16/h3-9H,10,28H2,1-2H3. The first-order chi connectivity index (χ1) is 16.7. The van der Waals surface area contributed by atoms with Crippen LogP contribution in [0.2, 0.25) is 0 Å². The number of anilines is 1. The third-order valence-corrected chi connectivity index (χ3v) is 6.62. The molecule has 0 fully saturated rings. The number of alkyl halides is 3. The van der Waals surface area contributed by atoms with Gasteiger partial charge in [-0.3, -0.25) is 4.79 Å². The smallest absolute Gasteiger partial charge is 0.417 e. The van der Waals surface area contributed by atoms with E-state index in [1.807, 2.05) is 0 Å². The molecule has 1 aliphatic rings. The Morgan fingerprint density at radius 3 is 2.49 bits per heavy atom. The monoisotopic (exact) mass is 502 g/mol. The average molecular weight is 502 g/mol. The second kappa shape index (κ2) is 8.35. The van der Waals surface area contributed by atoms with Crippen LogP contribution >= 0.6 is 11.3 Å². The number of carbonyl (C=O) groups excluding carboxylic acids is 1. The van der Waals surface area contributed by atoms with Crippen molar-refractivity contribution in [3.05, 3.63) is 58.5 Å². The minimum atomic E-state index is -4.73. The fourth-order valence-electron chi connectivity index (χ4n) is 3.83. The van der Waals surface area contributed by atoms with Crippen molar-refractivity contribution in [3.8, 4) is 34.3 Å². The number of ketones is 1. The number of thiophene rings is 1. The Labute approximate surface area is 200 Å². The van der Waals surface area contributed by atoms with Crippen molar-refractivity contribution >= 4 is 33.0 Å². The number of nitrogens with two attached hydrogens (primary N) is 1. The topological polar surface area (TPSA) is 92.9 Å². The van der Waals surface area contributed by atoms with Crippen LogP contribution in [-0.4, -0.2) is 31.8 Å². The molecule has 35 heavy (non-hydrogen) atoms. The van der Waals surface area contributed by atoms with Gasteiger partial charge in [-0.15, -0.1) is 11.3 Å². The predicted octanol–water partition coefficient (Wildman–Crippen LogP) is 5.54. The average Bonchev–Trinajstić information content (AvgIpc) is 3.45. The molecule has 0 saturated heterocycles. The molecule has 11 heteroatoms. The summed E-state index contributed by atoms with van der Waals surface area (Å²) in [4.78, 5) is 17.6. The van der Waals surface area contributed by atoms with Gasteiger partial charge in [0.05, 0.1) is 31.2 Å². The number of benzene rings is 2. The van der Waals surface area contributed by atoms with E-state index < -0.39 is 17.5 Å². The molecule has 0 spiro atoms. The van der Waals surface area contributed by atoms with E-state index in [0.717, 1.165) is 17.4 Å². The minimum Gasteiger partial charge on any atom is -0.493 e. The molecule has 7 nitrogen and oxygen atoms in total. The first kappa shape index (κ1) is 22.8. The number of pyridine rings is 1. The molecule has 2 N–H and O–H groups in total. The summed E-state index contributed by atoms with van der Waals surface area (Å²) in [5.74, 6) is 1.06. The van der Waals surface area contributed by atoms with Crippen LogP contribution in [0.4, 0.5) is 18.9 Å². The van der Waals surface area contributed by atoms with Gasteiger partial charge in [0.15, 0.2) is 23.0 Å². The van der Waals surface area contributed by atoms with Gasteiger partial charge in [0.25, 0.3) is 0 Å². The van der Waals surface area contributed by atoms with Gasteiger partial charge in [-0.2, -0.15) is 13.2 Å². The lowest BCUT2D eigenvalue weighted by Crippen LogP contribution is -2.08. The lowest BCUT2D eigenvalue weighted by Gasteiger charge is -2.11. The highest BCUT2D eigenvalue weighted by molar-refractivity contribution is 7.21. The third kappa shape index (κ3) is 3.87. The van der Waals surface area contributed by atoms with Crippen LogP contribution in [0.15, 0.2) is 42.5 Å². The maximum Gasteiger partial charge on any atom is 0.417 e. The zero-order valence-electron chi connectivity index (χ0n) is 18.4. The molecule has 1 aliphatic heterocycles. The molecule has 0 bridgehead atoms. The number of rotatable bonds is 5. The number of nitrogens with zero attached hydrogens (tertiary/aromatic N) is 1. The number of aromatic nitrogens is 1. The fourth-order valence-corrected chi connectivity index (χ4v) is 4.91. The van der Waals surface area contributed by atoms with E-state index >= 15 is 0 Å². The molecule has 0 radical (unpaired) electrons. The Morgan fingerprint density at radius 1 is 1.03 bits per heavy atom. The van der Waals surface area contributed by atoms with Crippen LogP contribution < -0.4 is 24.7 Å². The summed E-state index contributed by atoms with van der Waals surface area (Å²) in [5, 5.41) is -0.309. The fraction of sp³-hybridized carbons (Fsp3) is 0.167. The molecule has 0 amide bonds. The number of fused-ring (bicyclic) bond motifs is 2. The van der Waals surface area contributed by atoms with Gasteiger partial charge in [-0.05, 0) is 42.5 Å². The molecule has 2 aromatic carbocycles. The van der Waals surface area contributed by atoms with Gasteiger partial charge in [-0.25, -0.2) is 4.98 Å². The summed E-state index contributed by atoms with van der Waals surface area (Å²) < 4.78 is 63.3. The van der Waals surface area contributed by atoms with Crippen LogP contribution in [0.5, 0.6) is 23.0 Å². The van der Waals surface area contributed by atoms with E-state index in [0.29, 0.717) is 28.6 Å². The number of halogens is 3. The highest BCUT2D eigenvalue weighted by atomic mass is 32.1. The van der Waals surface area contributed by atoms with Crippen molar-refractivity contribution in [2.75, 3.05) is 26.7 Å². The van der Waals surface area contributed by atoms with E-state index in [1.165, 1.54) is 32.4 Å². The molecular weight excluding hydrogens is 485 g/mol. The number of hydrogen-bond acceptors (Lipinski definition) is 8. The minimum absolute atomic E-state index is 0.00572. The van der Waals surface area contributed by atoms with E-state index in [9.17, 15) is 18.0 Å². The van der Waals surface area contributed by atoms with Gasteiger partial charge >= 0.3 is 6.18 Å². The second-order valence-corrected chi connectivity index (χ2v) is 8.54. The Morgan fingerprint density at radius 2 is 1.77 bits per heavy atom. The van der Waals surface area contributed by atoms with Crippen molar-refractivity contribution in [1.29, 1.82) is 0 Å². The van der Waals surface area contributed by atoms with Crippen molar-refractivity contribution in [2.24, 2.45) is 0 Å². The lowest BCUT2D eigenvalue weighted by atomic mass is 10.0. The summed E-state index contributed by atoms with van der Waals surface area (Å²) in [6, 6.07) is 10.1. The van der Waals surface area contributed by atoms with Crippen LogP contribution in [0, 0.1) is 0 Å². The largest absolute Gasteiger partial charge is 0.493 e. The molecule has 4 aromatic rings. The van der Waals surface area contributed by atoms with E-state index in [4.69, 9.17) is 24.7 Å². The zero-order chi connectivity index (χ0) is 24.9. The van der Waals surface area contributed by atoms with Crippen LogP contribution in [0.25, 0.3) is 21.5 Å². The third-order valence-electron chi connectivity index (χ3n) is 5.52. The molecule has 0 saturated carbocycles. The van der Waals surface area contributed by atoms with Crippen molar-refractivity contribution in [2.45, 2.75) is 6.18 Å². The maximum absolute atomic E-state index is 14.1. The SMILES string of the molecule is COc1ccc(C(=O)c2sc3nc(-c4ccc5c(c4)OCO5)cc(C(F)(F)F)c3c2N)cc1OC.